The Bertz CT molecular complexity index is 806. The predicted octanol–water partition coefficient (Wildman–Crippen LogP) is 1.62. The first kappa shape index (κ1) is 17.8. The molecule has 7 nitrogen and oxygen atoms in total. The van der Waals surface area contributed by atoms with E-state index in [1.807, 2.05) is 0 Å². The van der Waals surface area contributed by atoms with Gasteiger partial charge in [0.25, 0.3) is 0 Å². The van der Waals surface area contributed by atoms with E-state index >= 15 is 0 Å². The third-order valence-electron chi connectivity index (χ3n) is 3.14. The maximum atomic E-state index is 12.0. The summed E-state index contributed by atoms with van der Waals surface area (Å²) in [4.78, 5) is 12.0. The Kier molecular flexibility index (Phi) is 5.78. The minimum atomic E-state index is -3.73. The Hall–Kier alpha value is -2.58. The van der Waals surface area contributed by atoms with Crippen LogP contribution in [0.1, 0.15) is 0 Å². The number of methoxy groups -OCH3 is 2. The fraction of sp³-hybridized carbons (Fsp3) is 0.188. The topological polar surface area (TPSA) is 93.7 Å². The number of anilines is 1. The zero-order valence-electron chi connectivity index (χ0n) is 13.3. The average Bonchev–Trinajstić information content (AvgIpc) is 2.60. The van der Waals surface area contributed by atoms with Crippen molar-refractivity contribution in [3.05, 3.63) is 48.5 Å². The Morgan fingerprint density at radius 3 is 2.29 bits per heavy atom. The summed E-state index contributed by atoms with van der Waals surface area (Å²) in [7, 11) is -0.735. The van der Waals surface area contributed by atoms with E-state index in [0.717, 1.165) is 0 Å². The van der Waals surface area contributed by atoms with Gasteiger partial charge in [0, 0.05) is 11.8 Å². The molecule has 128 valence electrons. The van der Waals surface area contributed by atoms with Crippen LogP contribution < -0.4 is 19.5 Å². The van der Waals surface area contributed by atoms with Gasteiger partial charge < -0.3 is 14.8 Å². The molecule has 0 fully saturated rings. The molecule has 0 bridgehead atoms. The summed E-state index contributed by atoms with van der Waals surface area (Å²) in [5.74, 6) is 0.488. The van der Waals surface area contributed by atoms with E-state index in [2.05, 4.69) is 10.0 Å². The average molecular weight is 350 g/mol. The van der Waals surface area contributed by atoms with E-state index in [1.54, 1.807) is 36.4 Å². The van der Waals surface area contributed by atoms with Gasteiger partial charge in [0.15, 0.2) is 11.5 Å². The molecule has 2 aromatic carbocycles. The molecule has 0 atom stereocenters. The van der Waals surface area contributed by atoms with E-state index in [9.17, 15) is 13.2 Å². The Labute approximate surface area is 140 Å². The number of hydrogen-bond acceptors (Lipinski definition) is 5. The van der Waals surface area contributed by atoms with Crippen molar-refractivity contribution in [2.75, 3.05) is 26.1 Å². The van der Waals surface area contributed by atoms with Crippen molar-refractivity contribution >= 4 is 21.6 Å². The number of ether oxygens (including phenoxy) is 2. The number of carbonyl (C=O) groups excluding carboxylic acids is 1. The Morgan fingerprint density at radius 2 is 1.67 bits per heavy atom. The standard InChI is InChI=1S/C16H18N2O5S/c1-22-14-9-8-12(10-15(14)23-2)18-16(19)11-17-24(20,21)13-6-4-3-5-7-13/h3-10,17H,11H2,1-2H3,(H,18,19). The first-order valence-electron chi connectivity index (χ1n) is 7.03. The van der Waals surface area contributed by atoms with Crippen molar-refractivity contribution < 1.29 is 22.7 Å². The van der Waals surface area contributed by atoms with Crippen LogP contribution in [0.25, 0.3) is 0 Å². The Balaban J connectivity index is 1.99. The van der Waals surface area contributed by atoms with E-state index in [0.29, 0.717) is 17.2 Å². The molecule has 0 aromatic heterocycles. The minimum absolute atomic E-state index is 0.101. The maximum absolute atomic E-state index is 12.0. The van der Waals surface area contributed by atoms with Crippen LogP contribution in [-0.2, 0) is 14.8 Å². The highest BCUT2D eigenvalue weighted by Gasteiger charge is 2.15. The molecule has 0 spiro atoms. The van der Waals surface area contributed by atoms with Crippen molar-refractivity contribution in [3.63, 3.8) is 0 Å². The summed E-state index contributed by atoms with van der Waals surface area (Å²) in [5.41, 5.74) is 0.469. The van der Waals surface area contributed by atoms with Crippen LogP contribution in [0, 0.1) is 0 Å². The van der Waals surface area contributed by atoms with Crippen molar-refractivity contribution in [3.8, 4) is 11.5 Å². The van der Waals surface area contributed by atoms with Gasteiger partial charge in [-0.1, -0.05) is 18.2 Å². The van der Waals surface area contributed by atoms with Crippen molar-refractivity contribution in [1.29, 1.82) is 0 Å². The highest BCUT2D eigenvalue weighted by atomic mass is 32.2. The zero-order valence-corrected chi connectivity index (χ0v) is 14.1. The lowest BCUT2D eigenvalue weighted by atomic mass is 10.2. The van der Waals surface area contributed by atoms with Crippen LogP contribution in [0.2, 0.25) is 0 Å². The first-order valence-corrected chi connectivity index (χ1v) is 8.51. The van der Waals surface area contributed by atoms with Gasteiger partial charge in [-0.05, 0) is 24.3 Å². The quantitative estimate of drug-likeness (QED) is 0.791. The lowest BCUT2D eigenvalue weighted by molar-refractivity contribution is -0.115. The number of amides is 1. The molecule has 1 amide bonds. The van der Waals surface area contributed by atoms with Crippen molar-refractivity contribution in [2.45, 2.75) is 4.90 Å². The SMILES string of the molecule is COc1ccc(NC(=O)CNS(=O)(=O)c2ccccc2)cc1OC. The lowest BCUT2D eigenvalue weighted by Crippen LogP contribution is -2.32. The molecule has 24 heavy (non-hydrogen) atoms. The molecule has 0 saturated carbocycles. The lowest BCUT2D eigenvalue weighted by Gasteiger charge is -2.11. The van der Waals surface area contributed by atoms with E-state index in [4.69, 9.17) is 9.47 Å². The van der Waals surface area contributed by atoms with Gasteiger partial charge in [0.1, 0.15) is 0 Å². The summed E-state index contributed by atoms with van der Waals surface area (Å²) in [6.45, 7) is -0.383. The number of nitrogens with one attached hydrogen (secondary N) is 2. The van der Waals surface area contributed by atoms with Gasteiger partial charge in [-0.3, -0.25) is 4.79 Å². The first-order chi connectivity index (χ1) is 11.5. The fourth-order valence-corrected chi connectivity index (χ4v) is 2.97. The van der Waals surface area contributed by atoms with Gasteiger partial charge in [0.05, 0.1) is 25.7 Å². The Morgan fingerprint density at radius 1 is 1.00 bits per heavy atom. The molecular formula is C16H18N2O5S. The smallest absolute Gasteiger partial charge is 0.241 e. The summed E-state index contributed by atoms with van der Waals surface area (Å²) in [6, 6.07) is 12.7. The van der Waals surface area contributed by atoms with Gasteiger partial charge in [-0.2, -0.15) is 0 Å². The zero-order chi connectivity index (χ0) is 17.6. The molecule has 0 radical (unpaired) electrons. The highest BCUT2D eigenvalue weighted by Crippen LogP contribution is 2.29. The highest BCUT2D eigenvalue weighted by molar-refractivity contribution is 7.89. The molecule has 0 heterocycles. The van der Waals surface area contributed by atoms with Crippen LogP contribution in [0.3, 0.4) is 0 Å². The monoisotopic (exact) mass is 350 g/mol. The molecule has 2 aromatic rings. The second-order valence-corrected chi connectivity index (χ2v) is 6.52. The number of rotatable bonds is 7. The van der Waals surface area contributed by atoms with Gasteiger partial charge >= 0.3 is 0 Å². The summed E-state index contributed by atoms with van der Waals surface area (Å²) >= 11 is 0. The molecule has 0 aliphatic heterocycles. The molecule has 8 heteroatoms. The summed E-state index contributed by atoms with van der Waals surface area (Å²) < 4.78 is 36.6. The molecular weight excluding hydrogens is 332 g/mol. The number of sulfonamides is 1. The number of hydrogen-bond donors (Lipinski definition) is 2. The summed E-state index contributed by atoms with van der Waals surface area (Å²) in [6.07, 6.45) is 0. The third-order valence-corrected chi connectivity index (χ3v) is 4.56. The number of benzene rings is 2. The second kappa shape index (κ2) is 7.80. The van der Waals surface area contributed by atoms with Gasteiger partial charge in [-0.15, -0.1) is 0 Å². The normalized spacial score (nSPS) is 10.9. The maximum Gasteiger partial charge on any atom is 0.241 e. The van der Waals surface area contributed by atoms with Crippen LogP contribution in [0.15, 0.2) is 53.4 Å². The van der Waals surface area contributed by atoms with Crippen LogP contribution >= 0.6 is 0 Å². The van der Waals surface area contributed by atoms with Crippen LogP contribution in [-0.4, -0.2) is 35.1 Å². The van der Waals surface area contributed by atoms with Gasteiger partial charge in [-0.25, -0.2) is 13.1 Å². The molecule has 0 aliphatic carbocycles. The fourth-order valence-electron chi connectivity index (χ4n) is 1.96. The molecule has 2 rings (SSSR count). The second-order valence-electron chi connectivity index (χ2n) is 4.76. The van der Waals surface area contributed by atoms with E-state index < -0.39 is 15.9 Å². The van der Waals surface area contributed by atoms with Crippen molar-refractivity contribution in [1.82, 2.24) is 4.72 Å². The summed E-state index contributed by atoms with van der Waals surface area (Å²) in [5, 5.41) is 2.59. The van der Waals surface area contributed by atoms with Crippen LogP contribution in [0.4, 0.5) is 5.69 Å². The van der Waals surface area contributed by atoms with E-state index in [1.165, 1.54) is 26.4 Å². The van der Waals surface area contributed by atoms with Crippen molar-refractivity contribution in [2.24, 2.45) is 0 Å². The van der Waals surface area contributed by atoms with Crippen LogP contribution in [0.5, 0.6) is 11.5 Å². The molecule has 0 unspecified atom stereocenters. The van der Waals surface area contributed by atoms with Gasteiger partial charge in [0.2, 0.25) is 15.9 Å². The molecule has 0 saturated heterocycles. The van der Waals surface area contributed by atoms with E-state index in [-0.39, 0.29) is 11.4 Å². The number of carbonyl (C=O) groups is 1. The largest absolute Gasteiger partial charge is 0.493 e. The molecule has 2 N–H and O–H groups in total. The third kappa shape index (κ3) is 4.46. The minimum Gasteiger partial charge on any atom is -0.493 e. The predicted molar refractivity (Wildman–Crippen MR) is 89.8 cm³/mol. The molecule has 0 aliphatic rings.